The van der Waals surface area contributed by atoms with E-state index in [1.54, 1.807) is 0 Å². The monoisotopic (exact) mass is 862 g/mol. The lowest BCUT2D eigenvalue weighted by Crippen LogP contribution is -2.78. The minimum absolute atomic E-state index is 0.0554. The standard InChI is InChI=1S/C61H46N6/c1-61(2,3)41-32-34-63-55(36-41)65-51-26-11-10-22-44(51)45-30-31-47-49-37-50-40(21-16-33-62-50)35-48(49)46-25-15-29-54-58(46)67(63,59(47)57(45)65)60-64(54)52-27-12-13-28-53(52)66(60)56-42(38-17-6-4-7-18-38)23-14-24-43(56)39-19-8-5-9-20-39/h4-36,50,60H,37H2,1-3H3/q+2. The maximum Gasteiger partial charge on any atom is 0.338 e. The maximum atomic E-state index is 5.13. The Morgan fingerprint density at radius 2 is 1.28 bits per heavy atom. The number of quaternary nitrogens is 1. The van der Waals surface area contributed by atoms with Gasteiger partial charge in [-0.3, -0.25) is 14.8 Å². The second kappa shape index (κ2) is 13.1. The highest BCUT2D eigenvalue weighted by atomic mass is 15.8. The molecule has 3 atom stereocenters. The Morgan fingerprint density at radius 3 is 2.04 bits per heavy atom. The van der Waals surface area contributed by atoms with Crippen LogP contribution in [0.1, 0.15) is 43.9 Å². The summed E-state index contributed by atoms with van der Waals surface area (Å²) < 4.78 is 5.66. The van der Waals surface area contributed by atoms with Gasteiger partial charge < -0.3 is 0 Å². The summed E-state index contributed by atoms with van der Waals surface area (Å²) in [6.45, 7) is 7.01. The van der Waals surface area contributed by atoms with E-state index < -0.39 is 0 Å². The van der Waals surface area contributed by atoms with E-state index in [1.165, 1.54) is 112 Å². The fourth-order valence-electron chi connectivity index (χ4n) is 12.7. The number of fused-ring (bicyclic) bond motifs is 12. The zero-order valence-corrected chi connectivity index (χ0v) is 37.6. The molecule has 5 aliphatic heterocycles. The number of rotatable bonds is 3. The molecular formula is C61H46N6+2. The van der Waals surface area contributed by atoms with Crippen molar-refractivity contribution in [2.24, 2.45) is 4.99 Å². The number of pyridine rings is 1. The Kier molecular flexibility index (Phi) is 7.25. The third-order valence-electron chi connectivity index (χ3n) is 15.4. The molecule has 0 radical (unpaired) electrons. The summed E-state index contributed by atoms with van der Waals surface area (Å²) >= 11 is 0. The van der Waals surface area contributed by atoms with Gasteiger partial charge in [0.15, 0.2) is 6.20 Å². The number of hydrogen-bond donors (Lipinski definition) is 0. The van der Waals surface area contributed by atoms with Crippen molar-refractivity contribution in [1.29, 1.82) is 0 Å². The molecule has 67 heavy (non-hydrogen) atoms. The van der Waals surface area contributed by atoms with Gasteiger partial charge in [-0.05, 0) is 115 Å². The van der Waals surface area contributed by atoms with Crippen molar-refractivity contribution in [1.82, 2.24) is 9.16 Å². The molecule has 0 saturated heterocycles. The molecule has 0 fully saturated rings. The Bertz CT molecular complexity index is 3730. The lowest BCUT2D eigenvalue weighted by Gasteiger charge is -2.42. The van der Waals surface area contributed by atoms with Gasteiger partial charge in [0.1, 0.15) is 11.2 Å². The third-order valence-corrected chi connectivity index (χ3v) is 15.4. The lowest BCUT2D eigenvalue weighted by molar-refractivity contribution is -0.794. The summed E-state index contributed by atoms with van der Waals surface area (Å²) in [5, 5.41) is 2.53. The van der Waals surface area contributed by atoms with Crippen LogP contribution in [0.15, 0.2) is 205 Å². The molecule has 0 saturated carbocycles. The van der Waals surface area contributed by atoms with Crippen LogP contribution in [0.2, 0.25) is 0 Å². The average molecular weight is 863 g/mol. The van der Waals surface area contributed by atoms with Crippen molar-refractivity contribution in [2.75, 3.05) is 9.80 Å². The minimum atomic E-state index is -0.338. The summed E-state index contributed by atoms with van der Waals surface area (Å²) in [4.78, 5) is 10.6. The van der Waals surface area contributed by atoms with Crippen molar-refractivity contribution < 1.29 is 4.68 Å². The second-order valence-corrected chi connectivity index (χ2v) is 19.9. The first-order chi connectivity index (χ1) is 32.9. The number of nitrogens with zero attached hydrogens (tertiary/aromatic N) is 6. The molecule has 1 spiro atoms. The quantitative estimate of drug-likeness (QED) is 0.131. The average Bonchev–Trinajstić information content (AvgIpc) is 3.98. The van der Waals surface area contributed by atoms with E-state index in [1.807, 2.05) is 6.21 Å². The van der Waals surface area contributed by atoms with Crippen LogP contribution in [0, 0.1) is 0 Å². The first kappa shape index (κ1) is 37.2. The Morgan fingerprint density at radius 1 is 0.612 bits per heavy atom. The number of para-hydroxylation sites is 5. The fourth-order valence-corrected chi connectivity index (χ4v) is 12.7. The van der Waals surface area contributed by atoms with Gasteiger partial charge in [0.2, 0.25) is 16.9 Å². The molecule has 7 aromatic carbocycles. The SMILES string of the molecule is CC(C)(C)c1cc[n+]2c(c1)-n1c3ccccc3c3ccc4c(c31)[N+]21c2c(cccc2N2c3ccccc3N(c3c(-c5ccccc5)cccc3-c3ccccc3)C21)C1=C4CC2N=CC=CC2=C1. The molecule has 0 N–H and O–H groups in total. The van der Waals surface area contributed by atoms with Crippen LogP contribution >= 0.6 is 0 Å². The van der Waals surface area contributed by atoms with Crippen molar-refractivity contribution in [3.05, 3.63) is 217 Å². The van der Waals surface area contributed by atoms with Crippen LogP contribution in [0.5, 0.6) is 0 Å². The van der Waals surface area contributed by atoms with Crippen molar-refractivity contribution >= 4 is 73.3 Å². The lowest BCUT2D eigenvalue weighted by atomic mass is 9.81. The normalized spacial score (nSPS) is 20.0. The van der Waals surface area contributed by atoms with Crippen molar-refractivity contribution in [3.63, 3.8) is 0 Å². The summed E-state index contributed by atoms with van der Waals surface area (Å²) in [5.74, 6) is 1.15. The van der Waals surface area contributed by atoms with Crippen molar-refractivity contribution in [3.8, 4) is 28.1 Å². The number of hydrogen-bond acceptors (Lipinski definition) is 3. The van der Waals surface area contributed by atoms with E-state index in [2.05, 4.69) is 234 Å². The largest absolute Gasteiger partial charge is 0.338 e. The minimum Gasteiger partial charge on any atom is -0.285 e. The predicted molar refractivity (Wildman–Crippen MR) is 276 cm³/mol. The van der Waals surface area contributed by atoms with Gasteiger partial charge in [-0.2, -0.15) is 4.57 Å². The highest BCUT2D eigenvalue weighted by Gasteiger charge is 2.71. The summed E-state index contributed by atoms with van der Waals surface area (Å²) in [6.07, 6.45) is 11.7. The zero-order chi connectivity index (χ0) is 44.3. The van der Waals surface area contributed by atoms with Gasteiger partial charge in [-0.1, -0.05) is 136 Å². The van der Waals surface area contributed by atoms with Crippen LogP contribution in [0.25, 0.3) is 61.0 Å². The van der Waals surface area contributed by atoms with E-state index >= 15 is 0 Å². The van der Waals surface area contributed by atoms with Crippen LogP contribution in [-0.2, 0) is 5.41 Å². The molecule has 6 heteroatoms. The van der Waals surface area contributed by atoms with E-state index in [4.69, 9.17) is 4.99 Å². The van der Waals surface area contributed by atoms with Crippen LogP contribution < -0.4 is 19.1 Å². The number of dihydropyridines is 1. The maximum absolute atomic E-state index is 5.13. The molecule has 0 bridgehead atoms. The summed E-state index contributed by atoms with van der Waals surface area (Å²) in [6, 6.07) is 64.0. The Balaban J connectivity index is 1.17. The van der Waals surface area contributed by atoms with Gasteiger partial charge in [0.05, 0.1) is 23.1 Å². The molecule has 6 nitrogen and oxygen atoms in total. The molecular weight excluding hydrogens is 817 g/mol. The molecule has 3 unspecified atom stereocenters. The van der Waals surface area contributed by atoms with E-state index in [9.17, 15) is 0 Å². The molecule has 2 aromatic heterocycles. The molecule has 318 valence electrons. The highest BCUT2D eigenvalue weighted by Crippen LogP contribution is 2.68. The molecule has 6 aliphatic rings. The van der Waals surface area contributed by atoms with Gasteiger partial charge in [0, 0.05) is 51.7 Å². The van der Waals surface area contributed by atoms with Gasteiger partial charge in [0.25, 0.3) is 0 Å². The molecule has 0 amide bonds. The van der Waals surface area contributed by atoms with E-state index in [0.717, 1.165) is 12.2 Å². The summed E-state index contributed by atoms with van der Waals surface area (Å²) in [7, 11) is 0. The number of benzene rings is 7. The fraction of sp³-hybridized carbons (Fsp3) is 0.115. The Labute approximate surface area is 389 Å². The van der Waals surface area contributed by atoms with Gasteiger partial charge >= 0.3 is 12.1 Å². The van der Waals surface area contributed by atoms with Crippen LogP contribution in [-0.4, -0.2) is 23.1 Å². The number of allylic oxidation sites excluding steroid dienone is 3. The van der Waals surface area contributed by atoms with E-state index in [0.29, 0.717) is 4.59 Å². The topological polar surface area (TPSA) is 27.6 Å². The number of aliphatic imine (C=N–C) groups is 1. The molecule has 15 rings (SSSR count). The first-order valence-corrected chi connectivity index (χ1v) is 23.6. The second-order valence-electron chi connectivity index (χ2n) is 19.9. The van der Waals surface area contributed by atoms with Gasteiger partial charge in [-0.15, -0.1) is 0 Å². The van der Waals surface area contributed by atoms with Gasteiger partial charge in [-0.25, -0.2) is 0 Å². The molecule has 9 aromatic rings. The number of aromatic nitrogens is 2. The van der Waals surface area contributed by atoms with Crippen molar-refractivity contribution in [2.45, 2.75) is 44.9 Å². The smallest absolute Gasteiger partial charge is 0.285 e. The molecule has 1 aliphatic carbocycles. The van der Waals surface area contributed by atoms with Crippen LogP contribution in [0.4, 0.5) is 34.1 Å². The first-order valence-electron chi connectivity index (χ1n) is 23.6. The number of anilines is 4. The zero-order valence-electron chi connectivity index (χ0n) is 37.6. The third kappa shape index (κ3) is 4.67. The predicted octanol–water partition coefficient (Wildman–Crippen LogP) is 14.3. The Hall–Kier alpha value is -8.06. The highest BCUT2D eigenvalue weighted by molar-refractivity contribution is 6.20. The molecule has 7 heterocycles. The summed E-state index contributed by atoms with van der Waals surface area (Å²) in [5.41, 5.74) is 22.2. The van der Waals surface area contributed by atoms with E-state index in [-0.39, 0.29) is 17.7 Å². The van der Waals surface area contributed by atoms with Crippen LogP contribution in [0.3, 0.4) is 0 Å².